The lowest BCUT2D eigenvalue weighted by molar-refractivity contribution is 0.0923. The molecule has 2 aromatic heterocycles. The van der Waals surface area contributed by atoms with Crippen molar-refractivity contribution in [3.8, 4) is 11.8 Å². The van der Waals surface area contributed by atoms with Crippen molar-refractivity contribution in [1.82, 2.24) is 5.32 Å². The van der Waals surface area contributed by atoms with E-state index in [2.05, 4.69) is 17.2 Å². The number of carbonyl (C=O) groups excluding carboxylic acids is 1. The van der Waals surface area contributed by atoms with Gasteiger partial charge >= 0.3 is 0 Å². The van der Waals surface area contributed by atoms with Gasteiger partial charge in [-0.25, -0.2) is 0 Å². The highest BCUT2D eigenvalue weighted by Crippen LogP contribution is 2.16. The molecule has 0 fully saturated rings. The zero-order chi connectivity index (χ0) is 14.4. The molecule has 4 nitrogen and oxygen atoms in total. The third-order valence-corrected chi connectivity index (χ3v) is 3.53. The molecule has 0 saturated carbocycles. The van der Waals surface area contributed by atoms with E-state index >= 15 is 0 Å². The molecule has 2 heterocycles. The fourth-order valence-corrected chi connectivity index (χ4v) is 2.40. The van der Waals surface area contributed by atoms with Gasteiger partial charge in [-0.3, -0.25) is 4.79 Å². The number of aliphatic hydroxyl groups is 1. The summed E-state index contributed by atoms with van der Waals surface area (Å²) in [4.78, 5) is 13.6. The highest BCUT2D eigenvalue weighted by atomic mass is 35.5. The van der Waals surface area contributed by atoms with Gasteiger partial charge in [0.1, 0.15) is 0 Å². The third kappa shape index (κ3) is 4.14. The molecular formula is C14H12ClNO3S. The second kappa shape index (κ2) is 7.15. The molecule has 0 atom stereocenters. The topological polar surface area (TPSA) is 62.5 Å². The first kappa shape index (κ1) is 14.7. The molecule has 2 rings (SSSR count). The van der Waals surface area contributed by atoms with Crippen molar-refractivity contribution in [3.63, 3.8) is 0 Å². The number of halogens is 1. The average Bonchev–Trinajstić information content (AvgIpc) is 3.05. The first-order valence-corrected chi connectivity index (χ1v) is 7.10. The third-order valence-electron chi connectivity index (χ3n) is 2.33. The van der Waals surface area contributed by atoms with Crippen molar-refractivity contribution in [2.24, 2.45) is 0 Å². The van der Waals surface area contributed by atoms with Crippen molar-refractivity contribution in [2.75, 3.05) is 6.61 Å². The molecule has 0 aliphatic carbocycles. The van der Waals surface area contributed by atoms with Gasteiger partial charge in [0.25, 0.3) is 5.91 Å². The van der Waals surface area contributed by atoms with Crippen LogP contribution >= 0.6 is 22.9 Å². The summed E-state index contributed by atoms with van der Waals surface area (Å²) >= 11 is 7.11. The maximum atomic E-state index is 11.7. The van der Waals surface area contributed by atoms with Crippen LogP contribution in [0.1, 0.15) is 26.7 Å². The molecule has 0 saturated heterocycles. The van der Waals surface area contributed by atoms with Crippen molar-refractivity contribution in [2.45, 2.75) is 13.0 Å². The van der Waals surface area contributed by atoms with E-state index in [1.165, 1.54) is 23.5 Å². The Labute approximate surface area is 125 Å². The molecule has 0 aromatic carbocycles. The van der Waals surface area contributed by atoms with Crippen molar-refractivity contribution in [3.05, 3.63) is 45.0 Å². The van der Waals surface area contributed by atoms with Gasteiger partial charge in [-0.15, -0.1) is 11.3 Å². The van der Waals surface area contributed by atoms with E-state index in [-0.39, 0.29) is 23.5 Å². The fraction of sp³-hybridized carbons (Fsp3) is 0.214. The van der Waals surface area contributed by atoms with Gasteiger partial charge in [-0.2, -0.15) is 0 Å². The van der Waals surface area contributed by atoms with E-state index in [4.69, 9.17) is 21.1 Å². The summed E-state index contributed by atoms with van der Waals surface area (Å²) in [6.07, 6.45) is 0.462. The summed E-state index contributed by atoms with van der Waals surface area (Å²) in [5, 5.41) is 11.6. The van der Waals surface area contributed by atoms with Crippen LogP contribution in [-0.2, 0) is 6.54 Å². The van der Waals surface area contributed by atoms with Crippen LogP contribution < -0.4 is 5.32 Å². The van der Waals surface area contributed by atoms with E-state index in [1.807, 2.05) is 12.1 Å². The monoisotopic (exact) mass is 309 g/mol. The number of aliphatic hydroxyl groups excluding tert-OH is 1. The van der Waals surface area contributed by atoms with Crippen LogP contribution in [-0.4, -0.2) is 17.6 Å². The van der Waals surface area contributed by atoms with Crippen LogP contribution in [0.4, 0.5) is 0 Å². The minimum Gasteiger partial charge on any atom is -0.440 e. The predicted molar refractivity (Wildman–Crippen MR) is 77.8 cm³/mol. The van der Waals surface area contributed by atoms with Gasteiger partial charge in [0.2, 0.25) is 0 Å². The average molecular weight is 310 g/mol. The second-order valence-corrected chi connectivity index (χ2v) is 5.37. The predicted octanol–water partition coefficient (Wildman–Crippen LogP) is 2.66. The van der Waals surface area contributed by atoms with E-state index in [0.29, 0.717) is 13.0 Å². The Balaban J connectivity index is 1.88. The normalized spacial score (nSPS) is 9.90. The lowest BCUT2D eigenvalue weighted by Crippen LogP contribution is -2.21. The molecule has 0 aliphatic rings. The summed E-state index contributed by atoms with van der Waals surface area (Å²) < 4.78 is 5.02. The summed E-state index contributed by atoms with van der Waals surface area (Å²) in [5.74, 6) is 5.68. The Morgan fingerprint density at radius 1 is 1.40 bits per heavy atom. The van der Waals surface area contributed by atoms with Crippen LogP contribution in [0.2, 0.25) is 5.22 Å². The summed E-state index contributed by atoms with van der Waals surface area (Å²) in [7, 11) is 0. The Kier molecular flexibility index (Phi) is 5.24. The number of carbonyl (C=O) groups is 1. The van der Waals surface area contributed by atoms with Crippen LogP contribution in [0.3, 0.4) is 0 Å². The number of amides is 1. The zero-order valence-electron chi connectivity index (χ0n) is 10.5. The number of thiophene rings is 1. The molecule has 0 unspecified atom stereocenters. The summed E-state index contributed by atoms with van der Waals surface area (Å²) in [6.45, 7) is 0.469. The minimum absolute atomic E-state index is 0.0625. The number of furan rings is 1. The number of rotatable bonds is 4. The maximum Gasteiger partial charge on any atom is 0.287 e. The maximum absolute atomic E-state index is 11.7. The molecular weight excluding hydrogens is 298 g/mol. The van der Waals surface area contributed by atoms with Gasteiger partial charge in [0.05, 0.1) is 18.0 Å². The molecule has 20 heavy (non-hydrogen) atoms. The highest BCUT2D eigenvalue weighted by Gasteiger charge is 2.10. The molecule has 6 heteroatoms. The van der Waals surface area contributed by atoms with Gasteiger partial charge < -0.3 is 14.8 Å². The smallest absolute Gasteiger partial charge is 0.287 e. The molecule has 0 bridgehead atoms. The molecule has 2 N–H and O–H groups in total. The van der Waals surface area contributed by atoms with E-state index in [1.54, 1.807) is 0 Å². The first-order chi connectivity index (χ1) is 9.69. The van der Waals surface area contributed by atoms with Crippen molar-refractivity contribution in [1.29, 1.82) is 0 Å². The molecule has 0 spiro atoms. The van der Waals surface area contributed by atoms with Gasteiger partial charge in [-0.1, -0.05) is 11.8 Å². The van der Waals surface area contributed by atoms with Crippen molar-refractivity contribution >= 4 is 28.8 Å². The van der Waals surface area contributed by atoms with E-state index in [9.17, 15) is 4.79 Å². The summed E-state index contributed by atoms with van der Waals surface area (Å²) in [5.41, 5.74) is 0. The quantitative estimate of drug-likeness (QED) is 0.854. The minimum atomic E-state index is -0.307. The first-order valence-electron chi connectivity index (χ1n) is 5.91. The van der Waals surface area contributed by atoms with E-state index < -0.39 is 0 Å². The molecule has 1 amide bonds. The Hall–Kier alpha value is -1.74. The lowest BCUT2D eigenvalue weighted by Gasteiger charge is -1.99. The van der Waals surface area contributed by atoms with Crippen LogP contribution in [0, 0.1) is 11.8 Å². The van der Waals surface area contributed by atoms with E-state index in [0.717, 1.165) is 9.75 Å². The Bertz CT molecular complexity index is 651. The largest absolute Gasteiger partial charge is 0.440 e. The fourth-order valence-electron chi connectivity index (χ4n) is 1.44. The Morgan fingerprint density at radius 3 is 2.95 bits per heavy atom. The molecule has 2 aromatic rings. The van der Waals surface area contributed by atoms with Gasteiger partial charge in [0.15, 0.2) is 11.0 Å². The van der Waals surface area contributed by atoms with Crippen LogP contribution in [0.5, 0.6) is 0 Å². The number of hydrogen-bond donors (Lipinski definition) is 2. The molecule has 0 aliphatic heterocycles. The SMILES string of the molecule is O=C(NCc1ccc(C#CCCO)s1)c1ccc(Cl)o1. The summed E-state index contributed by atoms with van der Waals surface area (Å²) in [6, 6.07) is 6.84. The van der Waals surface area contributed by atoms with Gasteiger partial charge in [-0.05, 0) is 35.9 Å². The number of nitrogens with one attached hydrogen (secondary N) is 1. The number of hydrogen-bond acceptors (Lipinski definition) is 4. The zero-order valence-corrected chi connectivity index (χ0v) is 12.1. The second-order valence-electron chi connectivity index (χ2n) is 3.83. The molecule has 0 radical (unpaired) electrons. The van der Waals surface area contributed by atoms with Crippen LogP contribution in [0.15, 0.2) is 28.7 Å². The lowest BCUT2D eigenvalue weighted by atomic mass is 10.3. The standard InChI is InChI=1S/C14H12ClNO3S/c15-13-7-6-12(19-13)14(18)16-9-11-5-4-10(20-11)3-1-2-8-17/h4-7,17H,2,8-9H2,(H,16,18). The van der Waals surface area contributed by atoms with Gasteiger partial charge in [0, 0.05) is 11.3 Å². The van der Waals surface area contributed by atoms with Crippen molar-refractivity contribution < 1.29 is 14.3 Å². The Morgan fingerprint density at radius 2 is 2.25 bits per heavy atom. The van der Waals surface area contributed by atoms with Crippen LogP contribution in [0.25, 0.3) is 0 Å². The highest BCUT2D eigenvalue weighted by molar-refractivity contribution is 7.12. The molecule has 104 valence electrons.